The van der Waals surface area contributed by atoms with Gasteiger partial charge in [-0.3, -0.25) is 4.79 Å². The molecule has 0 saturated carbocycles. The number of anilines is 1. The fourth-order valence-electron chi connectivity index (χ4n) is 4.40. The molecule has 2 aromatic rings. The zero-order valence-electron chi connectivity index (χ0n) is 21.1. The van der Waals surface area contributed by atoms with Crippen molar-refractivity contribution in [2.24, 2.45) is 0 Å². The molecule has 33 heavy (non-hydrogen) atoms. The van der Waals surface area contributed by atoms with E-state index >= 15 is 0 Å². The largest absolute Gasteiger partial charge is 0.385 e. The Kier molecular flexibility index (Phi) is 15.1. The first kappa shape index (κ1) is 27.2. The minimum absolute atomic E-state index is 0.0833. The lowest BCUT2D eigenvalue weighted by molar-refractivity contribution is 0.103. The zero-order chi connectivity index (χ0) is 23.4. The fraction of sp³-hybridized carbons (Fsp3) is 0.581. The minimum atomic E-state index is 0.0833. The Morgan fingerprint density at radius 1 is 0.545 bits per heavy atom. The maximum absolute atomic E-state index is 12.5. The molecule has 2 aromatic carbocycles. The molecule has 0 fully saturated rings. The molecule has 0 aromatic heterocycles. The van der Waals surface area contributed by atoms with E-state index in [0.29, 0.717) is 0 Å². The van der Waals surface area contributed by atoms with Gasteiger partial charge in [0.1, 0.15) is 0 Å². The predicted molar refractivity (Wildman–Crippen MR) is 144 cm³/mol. The third-order valence-electron chi connectivity index (χ3n) is 6.54. The average molecular weight is 450 g/mol. The van der Waals surface area contributed by atoms with Crippen LogP contribution in [0.2, 0.25) is 0 Å². The maximum Gasteiger partial charge on any atom is 0.193 e. The van der Waals surface area contributed by atoms with Crippen LogP contribution in [0.5, 0.6) is 0 Å². The van der Waals surface area contributed by atoms with E-state index in [-0.39, 0.29) is 5.78 Å². The van der Waals surface area contributed by atoms with Gasteiger partial charge < -0.3 is 5.32 Å². The number of benzene rings is 2. The highest BCUT2D eigenvalue weighted by molar-refractivity contribution is 6.09. The van der Waals surface area contributed by atoms with E-state index in [2.05, 4.69) is 12.2 Å². The van der Waals surface area contributed by atoms with Crippen molar-refractivity contribution >= 4 is 11.5 Å². The first-order chi connectivity index (χ1) is 16.3. The second-order valence-corrected chi connectivity index (χ2v) is 9.50. The molecule has 182 valence electrons. The molecule has 0 heterocycles. The molecular formula is C31H47NO. The molecule has 0 aliphatic rings. The van der Waals surface area contributed by atoms with Crippen LogP contribution < -0.4 is 5.32 Å². The number of nitrogens with one attached hydrogen (secondary N) is 1. The summed E-state index contributed by atoms with van der Waals surface area (Å²) in [5.74, 6) is 0.0833. The third kappa shape index (κ3) is 12.7. The molecule has 0 radical (unpaired) electrons. The van der Waals surface area contributed by atoms with Gasteiger partial charge in [-0.1, -0.05) is 134 Å². The van der Waals surface area contributed by atoms with Crippen LogP contribution in [0, 0.1) is 0 Å². The van der Waals surface area contributed by atoms with Crippen LogP contribution >= 0.6 is 0 Å². The van der Waals surface area contributed by atoms with Crippen molar-refractivity contribution in [3.05, 3.63) is 65.7 Å². The van der Waals surface area contributed by atoms with Crippen molar-refractivity contribution in [2.45, 2.75) is 110 Å². The number of rotatable bonds is 20. The fourth-order valence-corrected chi connectivity index (χ4v) is 4.40. The van der Waals surface area contributed by atoms with Crippen molar-refractivity contribution in [1.82, 2.24) is 0 Å². The molecule has 2 nitrogen and oxygen atoms in total. The van der Waals surface area contributed by atoms with Crippen LogP contribution in [-0.4, -0.2) is 12.3 Å². The summed E-state index contributed by atoms with van der Waals surface area (Å²) in [7, 11) is 0. The summed E-state index contributed by atoms with van der Waals surface area (Å²) in [4.78, 5) is 12.5. The maximum atomic E-state index is 12.5. The standard InChI is InChI=1S/C31H47NO/c1-2-3-4-5-6-7-8-9-10-11-12-13-14-15-16-20-27-32-30-25-23-29(24-26-30)31(33)28-21-18-17-19-22-28/h17-19,21-26,32H,2-16,20,27H2,1H3. The summed E-state index contributed by atoms with van der Waals surface area (Å²) in [6.07, 6.45) is 22.4. The Hall–Kier alpha value is -2.09. The van der Waals surface area contributed by atoms with Crippen molar-refractivity contribution in [2.75, 3.05) is 11.9 Å². The van der Waals surface area contributed by atoms with E-state index in [1.54, 1.807) is 0 Å². The van der Waals surface area contributed by atoms with Crippen LogP contribution in [0.4, 0.5) is 5.69 Å². The van der Waals surface area contributed by atoms with Gasteiger partial charge in [-0.15, -0.1) is 0 Å². The molecule has 0 saturated heterocycles. The van der Waals surface area contributed by atoms with Crippen LogP contribution in [0.3, 0.4) is 0 Å². The van der Waals surface area contributed by atoms with Gasteiger partial charge in [-0.05, 0) is 30.7 Å². The van der Waals surface area contributed by atoms with E-state index in [1.807, 2.05) is 54.6 Å². The van der Waals surface area contributed by atoms with Crippen molar-refractivity contribution < 1.29 is 4.79 Å². The van der Waals surface area contributed by atoms with Crippen LogP contribution in [0.15, 0.2) is 54.6 Å². The predicted octanol–water partition coefficient (Wildman–Crippen LogP) is 9.59. The molecule has 0 aliphatic carbocycles. The zero-order valence-corrected chi connectivity index (χ0v) is 21.1. The number of hydrogen-bond acceptors (Lipinski definition) is 2. The highest BCUT2D eigenvalue weighted by Gasteiger charge is 2.07. The van der Waals surface area contributed by atoms with Crippen molar-refractivity contribution in [3.63, 3.8) is 0 Å². The molecule has 0 bridgehead atoms. The van der Waals surface area contributed by atoms with Crippen LogP contribution in [-0.2, 0) is 0 Å². The molecule has 0 amide bonds. The lowest BCUT2D eigenvalue weighted by atomic mass is 10.0. The second-order valence-electron chi connectivity index (χ2n) is 9.50. The molecule has 0 unspecified atom stereocenters. The molecule has 0 aliphatic heterocycles. The van der Waals surface area contributed by atoms with Crippen LogP contribution in [0.1, 0.15) is 126 Å². The molecule has 2 rings (SSSR count). The molecule has 0 atom stereocenters. The van der Waals surface area contributed by atoms with Gasteiger partial charge >= 0.3 is 0 Å². The van der Waals surface area contributed by atoms with E-state index in [0.717, 1.165) is 23.4 Å². The summed E-state index contributed by atoms with van der Waals surface area (Å²) in [6.45, 7) is 3.29. The first-order valence-electron chi connectivity index (χ1n) is 13.7. The Labute approximate surface area is 203 Å². The van der Waals surface area contributed by atoms with Gasteiger partial charge in [0.25, 0.3) is 0 Å². The summed E-state index contributed by atoms with van der Waals surface area (Å²) in [5.41, 5.74) is 2.58. The third-order valence-corrected chi connectivity index (χ3v) is 6.54. The number of carbonyl (C=O) groups excluding carboxylic acids is 1. The summed E-state index contributed by atoms with van der Waals surface area (Å²) >= 11 is 0. The Morgan fingerprint density at radius 2 is 0.970 bits per heavy atom. The van der Waals surface area contributed by atoms with Gasteiger partial charge in [0.05, 0.1) is 0 Å². The van der Waals surface area contributed by atoms with E-state index in [1.165, 1.54) is 103 Å². The van der Waals surface area contributed by atoms with Crippen molar-refractivity contribution in [1.29, 1.82) is 0 Å². The minimum Gasteiger partial charge on any atom is -0.385 e. The lowest BCUT2D eigenvalue weighted by Crippen LogP contribution is -2.03. The van der Waals surface area contributed by atoms with Gasteiger partial charge in [0, 0.05) is 23.4 Å². The van der Waals surface area contributed by atoms with Gasteiger partial charge in [0.2, 0.25) is 0 Å². The summed E-state index contributed by atoms with van der Waals surface area (Å²) in [6, 6.07) is 17.4. The van der Waals surface area contributed by atoms with Gasteiger partial charge in [0.15, 0.2) is 5.78 Å². The van der Waals surface area contributed by atoms with Crippen molar-refractivity contribution in [3.8, 4) is 0 Å². The molecule has 0 spiro atoms. The lowest BCUT2D eigenvalue weighted by Gasteiger charge is -2.08. The second kappa shape index (κ2) is 18.3. The highest BCUT2D eigenvalue weighted by Crippen LogP contribution is 2.15. The number of ketones is 1. The SMILES string of the molecule is CCCCCCCCCCCCCCCCCCNc1ccc(C(=O)c2ccccc2)cc1. The molecule has 2 heteroatoms. The normalized spacial score (nSPS) is 10.9. The van der Waals surface area contributed by atoms with Gasteiger partial charge in [-0.25, -0.2) is 0 Å². The smallest absolute Gasteiger partial charge is 0.193 e. The number of unbranched alkanes of at least 4 members (excludes halogenated alkanes) is 15. The molecule has 1 N–H and O–H groups in total. The van der Waals surface area contributed by atoms with E-state index < -0.39 is 0 Å². The Morgan fingerprint density at radius 3 is 1.45 bits per heavy atom. The Balaban J connectivity index is 1.39. The van der Waals surface area contributed by atoms with E-state index in [4.69, 9.17) is 0 Å². The highest BCUT2D eigenvalue weighted by atomic mass is 16.1. The summed E-state index contributed by atoms with van der Waals surface area (Å²) < 4.78 is 0. The summed E-state index contributed by atoms with van der Waals surface area (Å²) in [5, 5.41) is 3.49. The monoisotopic (exact) mass is 449 g/mol. The quantitative estimate of drug-likeness (QED) is 0.161. The topological polar surface area (TPSA) is 29.1 Å². The van der Waals surface area contributed by atoms with Crippen LogP contribution in [0.25, 0.3) is 0 Å². The number of carbonyl (C=O) groups is 1. The van der Waals surface area contributed by atoms with Gasteiger partial charge in [-0.2, -0.15) is 0 Å². The number of hydrogen-bond donors (Lipinski definition) is 1. The Bertz CT molecular complexity index is 722. The average Bonchev–Trinajstić information content (AvgIpc) is 2.86. The molecular weight excluding hydrogens is 402 g/mol. The van der Waals surface area contributed by atoms with E-state index in [9.17, 15) is 4.79 Å². The first-order valence-corrected chi connectivity index (χ1v) is 13.7.